The van der Waals surface area contributed by atoms with Gasteiger partial charge in [0.05, 0.1) is 23.8 Å². The number of benzene rings is 3. The highest BCUT2D eigenvalue weighted by atomic mass is 35.5. The van der Waals surface area contributed by atoms with E-state index in [0.29, 0.717) is 24.5 Å². The van der Waals surface area contributed by atoms with E-state index in [9.17, 15) is 10.1 Å². The Morgan fingerprint density at radius 2 is 1.48 bits per heavy atom. The van der Waals surface area contributed by atoms with Gasteiger partial charge < -0.3 is 9.64 Å². The van der Waals surface area contributed by atoms with E-state index in [0.717, 1.165) is 11.1 Å². The van der Waals surface area contributed by atoms with Crippen molar-refractivity contribution in [1.29, 1.82) is 0 Å². The van der Waals surface area contributed by atoms with Gasteiger partial charge in [-0.25, -0.2) is 0 Å². The predicted molar refractivity (Wildman–Crippen MR) is 107 cm³/mol. The van der Waals surface area contributed by atoms with Gasteiger partial charge in [-0.3, -0.25) is 10.1 Å². The van der Waals surface area contributed by atoms with Gasteiger partial charge in [-0.05, 0) is 17.2 Å². The summed E-state index contributed by atoms with van der Waals surface area (Å²) in [6, 6.07) is 23.0. The van der Waals surface area contributed by atoms with Gasteiger partial charge in [-0.15, -0.1) is 0 Å². The van der Waals surface area contributed by atoms with E-state index in [1.807, 2.05) is 60.7 Å². The number of methoxy groups -OCH3 is 1. The van der Waals surface area contributed by atoms with Crippen molar-refractivity contribution in [2.24, 2.45) is 0 Å². The molecule has 138 valence electrons. The molecule has 0 atom stereocenters. The zero-order valence-corrected chi connectivity index (χ0v) is 15.6. The van der Waals surface area contributed by atoms with Crippen LogP contribution in [0.3, 0.4) is 0 Å². The van der Waals surface area contributed by atoms with Crippen LogP contribution in [-0.2, 0) is 13.1 Å². The lowest BCUT2D eigenvalue weighted by atomic mass is 10.1. The fourth-order valence-electron chi connectivity index (χ4n) is 2.92. The molecule has 6 heteroatoms. The first-order valence-electron chi connectivity index (χ1n) is 8.43. The van der Waals surface area contributed by atoms with Crippen LogP contribution in [0, 0.1) is 10.1 Å². The highest BCUT2D eigenvalue weighted by Gasteiger charge is 2.21. The molecular weight excluding hydrogens is 364 g/mol. The fraction of sp³-hybridized carbons (Fsp3) is 0.143. The first-order chi connectivity index (χ1) is 13.1. The van der Waals surface area contributed by atoms with Crippen LogP contribution in [0.25, 0.3) is 0 Å². The molecule has 0 aliphatic rings. The van der Waals surface area contributed by atoms with Crippen molar-refractivity contribution in [2.75, 3.05) is 12.0 Å². The lowest BCUT2D eigenvalue weighted by Gasteiger charge is -2.27. The summed E-state index contributed by atoms with van der Waals surface area (Å²) in [7, 11) is 1.50. The summed E-state index contributed by atoms with van der Waals surface area (Å²) in [6.45, 7) is 1.22. The molecule has 3 aromatic carbocycles. The van der Waals surface area contributed by atoms with Crippen LogP contribution in [0.5, 0.6) is 5.75 Å². The van der Waals surface area contributed by atoms with Crippen molar-refractivity contribution < 1.29 is 9.66 Å². The Kier molecular flexibility index (Phi) is 5.94. The molecule has 0 radical (unpaired) electrons. The van der Waals surface area contributed by atoms with Crippen molar-refractivity contribution in [1.82, 2.24) is 0 Å². The smallest absolute Gasteiger partial charge is 0.291 e. The van der Waals surface area contributed by atoms with Crippen LogP contribution >= 0.6 is 11.6 Å². The maximum Gasteiger partial charge on any atom is 0.291 e. The lowest BCUT2D eigenvalue weighted by Crippen LogP contribution is -2.22. The highest BCUT2D eigenvalue weighted by Crippen LogP contribution is 2.39. The Morgan fingerprint density at radius 3 is 1.93 bits per heavy atom. The molecule has 0 N–H and O–H groups in total. The molecule has 0 saturated heterocycles. The number of halogens is 1. The third-order valence-electron chi connectivity index (χ3n) is 4.22. The number of nitro groups is 1. The largest absolute Gasteiger partial charge is 0.494 e. The Balaban J connectivity index is 2.03. The van der Waals surface area contributed by atoms with Crippen LogP contribution in [-0.4, -0.2) is 12.0 Å². The molecule has 0 fully saturated rings. The first-order valence-corrected chi connectivity index (χ1v) is 8.81. The summed E-state index contributed by atoms with van der Waals surface area (Å²) in [5.74, 6) is 0.415. The second kappa shape index (κ2) is 8.56. The highest BCUT2D eigenvalue weighted by molar-refractivity contribution is 6.33. The molecule has 0 bridgehead atoms. The van der Waals surface area contributed by atoms with Crippen LogP contribution in [0.15, 0.2) is 72.8 Å². The Morgan fingerprint density at radius 1 is 0.963 bits per heavy atom. The van der Waals surface area contributed by atoms with E-state index in [1.54, 1.807) is 6.07 Å². The van der Waals surface area contributed by atoms with Gasteiger partial charge in [0.15, 0.2) is 0 Å². The molecule has 3 rings (SSSR count). The Hall–Kier alpha value is -3.05. The topological polar surface area (TPSA) is 55.6 Å². The monoisotopic (exact) mass is 382 g/mol. The van der Waals surface area contributed by atoms with Gasteiger partial charge >= 0.3 is 0 Å². The standard InChI is InChI=1S/C21H19ClN2O3/c1-27-21-13-19(24(25)26)18(22)12-20(21)23(14-16-8-4-2-5-9-16)15-17-10-6-3-7-11-17/h2-13H,14-15H2,1H3. The molecule has 5 nitrogen and oxygen atoms in total. The summed E-state index contributed by atoms with van der Waals surface area (Å²) in [4.78, 5) is 12.8. The molecule has 0 spiro atoms. The second-order valence-corrected chi connectivity index (χ2v) is 6.47. The van der Waals surface area contributed by atoms with Crippen LogP contribution < -0.4 is 9.64 Å². The van der Waals surface area contributed by atoms with E-state index in [4.69, 9.17) is 16.3 Å². The number of hydrogen-bond donors (Lipinski definition) is 0. The molecule has 0 aliphatic heterocycles. The van der Waals surface area contributed by atoms with E-state index in [2.05, 4.69) is 4.90 Å². The van der Waals surface area contributed by atoms with Crippen molar-refractivity contribution in [3.05, 3.63) is 99.1 Å². The SMILES string of the molecule is COc1cc([N+](=O)[O-])c(Cl)cc1N(Cc1ccccc1)Cc1ccccc1. The zero-order valence-electron chi connectivity index (χ0n) is 14.8. The molecule has 0 heterocycles. The van der Waals surface area contributed by atoms with E-state index < -0.39 is 4.92 Å². The third kappa shape index (κ3) is 4.57. The summed E-state index contributed by atoms with van der Waals surface area (Å²) >= 11 is 6.18. The molecule has 0 amide bonds. The van der Waals surface area contributed by atoms with Gasteiger partial charge in [-0.2, -0.15) is 0 Å². The van der Waals surface area contributed by atoms with E-state index in [1.165, 1.54) is 13.2 Å². The molecule has 0 aliphatic carbocycles. The van der Waals surface area contributed by atoms with E-state index in [-0.39, 0.29) is 10.7 Å². The minimum absolute atomic E-state index is 0.0851. The fourth-order valence-corrected chi connectivity index (χ4v) is 3.14. The average molecular weight is 383 g/mol. The predicted octanol–water partition coefficient (Wildman–Crippen LogP) is 5.46. The summed E-state index contributed by atoms with van der Waals surface area (Å²) in [6.07, 6.45) is 0. The number of anilines is 1. The number of ether oxygens (including phenoxy) is 1. The number of hydrogen-bond acceptors (Lipinski definition) is 4. The van der Waals surface area contributed by atoms with Crippen molar-refractivity contribution in [2.45, 2.75) is 13.1 Å². The van der Waals surface area contributed by atoms with Gasteiger partial charge in [0.2, 0.25) is 0 Å². The molecular formula is C21H19ClN2O3. The number of rotatable bonds is 7. The normalized spacial score (nSPS) is 10.4. The second-order valence-electron chi connectivity index (χ2n) is 6.06. The summed E-state index contributed by atoms with van der Waals surface area (Å²) in [5, 5.41) is 11.3. The van der Waals surface area contributed by atoms with Gasteiger partial charge in [0.25, 0.3) is 5.69 Å². The maximum absolute atomic E-state index is 11.2. The van der Waals surface area contributed by atoms with Gasteiger partial charge in [0.1, 0.15) is 10.8 Å². The molecule has 3 aromatic rings. The maximum atomic E-state index is 11.2. The Bertz CT molecular complexity index is 876. The molecule has 27 heavy (non-hydrogen) atoms. The first kappa shape index (κ1) is 18.7. The summed E-state index contributed by atoms with van der Waals surface area (Å²) < 4.78 is 5.44. The molecule has 0 aromatic heterocycles. The summed E-state index contributed by atoms with van der Waals surface area (Å²) in [5.41, 5.74) is 2.77. The molecule has 0 saturated carbocycles. The van der Waals surface area contributed by atoms with Crippen molar-refractivity contribution in [3.63, 3.8) is 0 Å². The van der Waals surface area contributed by atoms with Gasteiger partial charge in [0, 0.05) is 13.1 Å². The third-order valence-corrected chi connectivity index (χ3v) is 4.52. The van der Waals surface area contributed by atoms with Crippen LogP contribution in [0.2, 0.25) is 5.02 Å². The van der Waals surface area contributed by atoms with Crippen molar-refractivity contribution in [3.8, 4) is 5.75 Å². The average Bonchev–Trinajstić information content (AvgIpc) is 2.68. The van der Waals surface area contributed by atoms with Crippen molar-refractivity contribution >= 4 is 23.0 Å². The Labute approximate surface area is 162 Å². The van der Waals surface area contributed by atoms with Gasteiger partial charge in [-0.1, -0.05) is 72.3 Å². The zero-order chi connectivity index (χ0) is 19.2. The molecule has 0 unspecified atom stereocenters. The van der Waals surface area contributed by atoms with Crippen LogP contribution in [0.1, 0.15) is 11.1 Å². The minimum Gasteiger partial charge on any atom is -0.494 e. The number of nitro benzene ring substituents is 1. The number of nitrogens with zero attached hydrogens (tertiary/aromatic N) is 2. The van der Waals surface area contributed by atoms with E-state index >= 15 is 0 Å². The quantitative estimate of drug-likeness (QED) is 0.402. The van der Waals surface area contributed by atoms with Crippen LogP contribution in [0.4, 0.5) is 11.4 Å². The lowest BCUT2D eigenvalue weighted by molar-refractivity contribution is -0.384. The minimum atomic E-state index is -0.507.